The molecule has 4 nitrogen and oxygen atoms in total. The van der Waals surface area contributed by atoms with Gasteiger partial charge in [-0.3, -0.25) is 4.79 Å². The van der Waals surface area contributed by atoms with Gasteiger partial charge in [-0.15, -0.1) is 0 Å². The highest BCUT2D eigenvalue weighted by molar-refractivity contribution is 5.77. The van der Waals surface area contributed by atoms with E-state index in [4.69, 9.17) is 0 Å². The largest absolute Gasteiger partial charge is 0.351 e. The summed E-state index contributed by atoms with van der Waals surface area (Å²) in [4.78, 5) is 22.1. The zero-order chi connectivity index (χ0) is 14.3. The molecule has 2 bridgehead atoms. The monoisotopic (exact) mass is 287 g/mol. The van der Waals surface area contributed by atoms with Gasteiger partial charge in [-0.05, 0) is 56.3 Å². The molecule has 0 radical (unpaired) electrons. The Hall–Kier alpha value is -1.32. The third kappa shape index (κ3) is 2.49. The summed E-state index contributed by atoms with van der Waals surface area (Å²) in [7, 11) is 0. The molecule has 1 amide bonds. The Labute approximate surface area is 126 Å². The van der Waals surface area contributed by atoms with Gasteiger partial charge in [-0.2, -0.15) is 0 Å². The minimum atomic E-state index is 0.390. The van der Waals surface area contributed by atoms with Crippen LogP contribution in [0.25, 0.3) is 0 Å². The summed E-state index contributed by atoms with van der Waals surface area (Å²) in [6, 6.07) is 0. The summed E-state index contributed by atoms with van der Waals surface area (Å²) in [5, 5.41) is 0. The van der Waals surface area contributed by atoms with Crippen LogP contribution in [-0.4, -0.2) is 33.9 Å². The van der Waals surface area contributed by atoms with Crippen molar-refractivity contribution in [3.63, 3.8) is 0 Å². The summed E-state index contributed by atoms with van der Waals surface area (Å²) in [6.45, 7) is 1.83. The Morgan fingerprint density at radius 2 is 2.05 bits per heavy atom. The molecule has 2 heterocycles. The van der Waals surface area contributed by atoms with E-state index in [0.717, 1.165) is 44.0 Å². The van der Waals surface area contributed by atoms with Crippen molar-refractivity contribution in [1.82, 2.24) is 14.9 Å². The third-order valence-corrected chi connectivity index (χ3v) is 6.20. The molecular formula is C17H25N3O. The lowest BCUT2D eigenvalue weighted by Gasteiger charge is -2.34. The van der Waals surface area contributed by atoms with Crippen molar-refractivity contribution in [1.29, 1.82) is 0 Å². The minimum absolute atomic E-state index is 0.390. The first-order chi connectivity index (χ1) is 10.2. The average Bonchev–Trinajstić information content (AvgIpc) is 3.24. The first kappa shape index (κ1) is 13.4. The lowest BCUT2D eigenvalue weighted by molar-refractivity contribution is -0.134. The number of aromatic nitrogens is 2. The van der Waals surface area contributed by atoms with Gasteiger partial charge in [0.05, 0.1) is 12.0 Å². The molecule has 2 aliphatic carbocycles. The predicted molar refractivity (Wildman–Crippen MR) is 80.8 cm³/mol. The van der Waals surface area contributed by atoms with Crippen LogP contribution >= 0.6 is 0 Å². The van der Waals surface area contributed by atoms with Crippen LogP contribution in [0.1, 0.15) is 63.0 Å². The van der Waals surface area contributed by atoms with E-state index in [1.807, 2.05) is 6.20 Å². The molecule has 0 aromatic carbocycles. The van der Waals surface area contributed by atoms with Crippen molar-refractivity contribution in [3.8, 4) is 0 Å². The van der Waals surface area contributed by atoms with Gasteiger partial charge in [-0.25, -0.2) is 4.98 Å². The summed E-state index contributed by atoms with van der Waals surface area (Å²) in [5.74, 6) is 1.88. The molecule has 0 unspecified atom stereocenters. The fourth-order valence-electron chi connectivity index (χ4n) is 4.91. The number of hydrogen-bond donors (Lipinski definition) is 1. The molecule has 21 heavy (non-hydrogen) atoms. The van der Waals surface area contributed by atoms with Crippen LogP contribution < -0.4 is 0 Å². The summed E-state index contributed by atoms with van der Waals surface area (Å²) in [5.41, 5.74) is 1.55. The maximum atomic E-state index is 12.6. The molecule has 1 aromatic heterocycles. The highest BCUT2D eigenvalue weighted by Gasteiger charge is 2.46. The van der Waals surface area contributed by atoms with Crippen molar-refractivity contribution < 1.29 is 4.79 Å². The first-order valence-electron chi connectivity index (χ1n) is 8.51. The molecule has 1 saturated heterocycles. The van der Waals surface area contributed by atoms with E-state index in [1.54, 1.807) is 6.33 Å². The average molecular weight is 287 g/mol. The Morgan fingerprint density at radius 1 is 1.29 bits per heavy atom. The maximum Gasteiger partial charge on any atom is 0.223 e. The molecule has 3 aliphatic rings. The molecule has 1 aromatic rings. The number of H-pyrrole nitrogens is 1. The van der Waals surface area contributed by atoms with Crippen molar-refractivity contribution in [3.05, 3.63) is 18.2 Å². The SMILES string of the molecule is O=C(CC12CCC(CC1)C2)N1CCC(c2c[nH]cn2)CC1. The van der Waals surface area contributed by atoms with Crippen LogP contribution in [0.5, 0.6) is 0 Å². The number of aromatic amines is 1. The van der Waals surface area contributed by atoms with E-state index in [0.29, 0.717) is 17.2 Å². The predicted octanol–water partition coefficient (Wildman–Crippen LogP) is 3.09. The molecule has 1 N–H and O–H groups in total. The quantitative estimate of drug-likeness (QED) is 0.928. The van der Waals surface area contributed by atoms with Gasteiger partial charge in [0.15, 0.2) is 0 Å². The Balaban J connectivity index is 1.32. The van der Waals surface area contributed by atoms with Gasteiger partial charge in [0.2, 0.25) is 5.91 Å². The van der Waals surface area contributed by atoms with Gasteiger partial charge >= 0.3 is 0 Å². The smallest absolute Gasteiger partial charge is 0.223 e. The number of fused-ring (bicyclic) bond motifs is 2. The van der Waals surface area contributed by atoms with Crippen molar-refractivity contribution >= 4 is 5.91 Å². The van der Waals surface area contributed by atoms with E-state index < -0.39 is 0 Å². The van der Waals surface area contributed by atoms with E-state index in [2.05, 4.69) is 14.9 Å². The van der Waals surface area contributed by atoms with E-state index >= 15 is 0 Å². The number of hydrogen-bond acceptors (Lipinski definition) is 2. The van der Waals surface area contributed by atoms with Crippen LogP contribution in [0.15, 0.2) is 12.5 Å². The van der Waals surface area contributed by atoms with Crippen LogP contribution in [0.2, 0.25) is 0 Å². The summed E-state index contributed by atoms with van der Waals surface area (Å²) < 4.78 is 0. The van der Waals surface area contributed by atoms with Gasteiger partial charge in [0.25, 0.3) is 0 Å². The lowest BCUT2D eigenvalue weighted by atomic mass is 9.80. The maximum absolute atomic E-state index is 12.6. The molecule has 1 aliphatic heterocycles. The topological polar surface area (TPSA) is 49.0 Å². The van der Waals surface area contributed by atoms with Crippen LogP contribution in [0.4, 0.5) is 0 Å². The number of amides is 1. The number of imidazole rings is 1. The van der Waals surface area contributed by atoms with Crippen molar-refractivity contribution in [2.24, 2.45) is 11.3 Å². The number of piperidine rings is 1. The van der Waals surface area contributed by atoms with Gasteiger partial charge in [-0.1, -0.05) is 0 Å². The van der Waals surface area contributed by atoms with Crippen LogP contribution in [-0.2, 0) is 4.79 Å². The number of nitrogens with zero attached hydrogens (tertiary/aromatic N) is 2. The molecular weight excluding hydrogens is 262 g/mol. The minimum Gasteiger partial charge on any atom is -0.351 e. The molecule has 0 spiro atoms. The third-order valence-electron chi connectivity index (χ3n) is 6.20. The molecule has 3 fully saturated rings. The number of rotatable bonds is 3. The van der Waals surface area contributed by atoms with E-state index in [1.165, 1.54) is 32.1 Å². The van der Waals surface area contributed by atoms with E-state index in [9.17, 15) is 4.79 Å². The Bertz CT molecular complexity index is 494. The number of nitrogens with one attached hydrogen (secondary N) is 1. The first-order valence-corrected chi connectivity index (χ1v) is 8.51. The molecule has 0 atom stereocenters. The Morgan fingerprint density at radius 3 is 2.62 bits per heavy atom. The zero-order valence-corrected chi connectivity index (χ0v) is 12.7. The highest BCUT2D eigenvalue weighted by atomic mass is 16.2. The second kappa shape index (κ2) is 5.15. The normalized spacial score (nSPS) is 32.8. The van der Waals surface area contributed by atoms with Gasteiger partial charge < -0.3 is 9.88 Å². The van der Waals surface area contributed by atoms with Crippen LogP contribution in [0.3, 0.4) is 0 Å². The van der Waals surface area contributed by atoms with Crippen LogP contribution in [0, 0.1) is 11.3 Å². The van der Waals surface area contributed by atoms with Gasteiger partial charge in [0.1, 0.15) is 0 Å². The lowest BCUT2D eigenvalue weighted by Crippen LogP contribution is -2.40. The number of carbonyl (C=O) groups excluding carboxylic acids is 1. The van der Waals surface area contributed by atoms with E-state index in [-0.39, 0.29) is 0 Å². The van der Waals surface area contributed by atoms with Crippen molar-refractivity contribution in [2.45, 2.75) is 57.3 Å². The standard InChI is InChI=1S/C17H25N3O/c21-16(10-17-5-1-13(9-17)2-6-17)20-7-3-14(4-8-20)15-11-18-12-19-15/h11-14H,1-10H2,(H,18,19). The number of likely N-dealkylation sites (tertiary alicyclic amines) is 1. The molecule has 2 saturated carbocycles. The van der Waals surface area contributed by atoms with Gasteiger partial charge in [0, 0.05) is 31.6 Å². The second-order valence-corrected chi connectivity index (χ2v) is 7.47. The zero-order valence-electron chi connectivity index (χ0n) is 12.7. The molecule has 4 heteroatoms. The van der Waals surface area contributed by atoms with Crippen molar-refractivity contribution in [2.75, 3.05) is 13.1 Å². The number of carbonyl (C=O) groups is 1. The summed E-state index contributed by atoms with van der Waals surface area (Å²) in [6.07, 6.45) is 13.3. The fraction of sp³-hybridized carbons (Fsp3) is 0.765. The molecule has 114 valence electrons. The second-order valence-electron chi connectivity index (χ2n) is 7.47. The summed E-state index contributed by atoms with van der Waals surface area (Å²) >= 11 is 0. The highest BCUT2D eigenvalue weighted by Crippen LogP contribution is 2.56. The molecule has 4 rings (SSSR count). The Kier molecular flexibility index (Phi) is 3.27. The fourth-order valence-corrected chi connectivity index (χ4v) is 4.91.